The van der Waals surface area contributed by atoms with Gasteiger partial charge >= 0.3 is 0 Å². The van der Waals surface area contributed by atoms with Crippen molar-refractivity contribution in [3.8, 4) is 0 Å². The van der Waals surface area contributed by atoms with E-state index in [9.17, 15) is 14.4 Å². The van der Waals surface area contributed by atoms with Crippen LogP contribution in [-0.2, 0) is 0 Å². The van der Waals surface area contributed by atoms with E-state index in [-0.39, 0.29) is 11.5 Å². The van der Waals surface area contributed by atoms with Gasteiger partial charge in [0, 0.05) is 21.4 Å². The second kappa shape index (κ2) is 6.94. The summed E-state index contributed by atoms with van der Waals surface area (Å²) in [5.41, 5.74) is 8.10. The number of amides is 3. The maximum atomic E-state index is 12.8. The summed E-state index contributed by atoms with van der Waals surface area (Å²) in [7, 11) is 0. The highest BCUT2D eigenvalue weighted by molar-refractivity contribution is 9.10. The van der Waals surface area contributed by atoms with Crippen molar-refractivity contribution in [2.75, 3.05) is 16.0 Å². The molecule has 0 saturated carbocycles. The van der Waals surface area contributed by atoms with E-state index in [1.54, 1.807) is 60.7 Å². The van der Waals surface area contributed by atoms with Crippen LogP contribution >= 0.6 is 15.9 Å². The van der Waals surface area contributed by atoms with E-state index >= 15 is 0 Å². The average molecular weight is 436 g/mol. The molecule has 0 radical (unpaired) electrons. The van der Waals surface area contributed by atoms with E-state index in [0.29, 0.717) is 28.2 Å². The van der Waals surface area contributed by atoms with E-state index in [0.717, 1.165) is 9.37 Å². The number of halogens is 1. The number of fused-ring (bicyclic) bond motifs is 1. The minimum absolute atomic E-state index is 0.253. The van der Waals surface area contributed by atoms with Gasteiger partial charge in [-0.3, -0.25) is 14.4 Å². The predicted octanol–water partition coefficient (Wildman–Crippen LogP) is 4.08. The van der Waals surface area contributed by atoms with Crippen molar-refractivity contribution in [3.05, 3.63) is 87.9 Å². The fraction of sp³-hybridized carbons (Fsp3) is 0. The van der Waals surface area contributed by atoms with Gasteiger partial charge in [0.15, 0.2) is 0 Å². The first-order chi connectivity index (χ1) is 13.4. The molecule has 0 aliphatic carbocycles. The normalized spacial score (nSPS) is 12.8. The zero-order chi connectivity index (χ0) is 19.8. The Labute approximate surface area is 169 Å². The number of benzene rings is 3. The molecule has 0 bridgehead atoms. The third-order valence-electron chi connectivity index (χ3n) is 4.40. The topological polar surface area (TPSA) is 92.5 Å². The molecule has 0 fully saturated rings. The zero-order valence-corrected chi connectivity index (χ0v) is 16.1. The van der Waals surface area contributed by atoms with Gasteiger partial charge in [0.05, 0.1) is 16.8 Å². The van der Waals surface area contributed by atoms with Crippen molar-refractivity contribution in [2.24, 2.45) is 0 Å². The van der Waals surface area contributed by atoms with Gasteiger partial charge in [-0.05, 0) is 66.7 Å². The highest BCUT2D eigenvalue weighted by Gasteiger charge is 2.36. The minimum atomic E-state index is -0.425. The van der Waals surface area contributed by atoms with Crippen molar-refractivity contribution in [1.82, 2.24) is 0 Å². The number of carbonyl (C=O) groups excluding carboxylic acids is 3. The van der Waals surface area contributed by atoms with Crippen LogP contribution < -0.4 is 16.0 Å². The van der Waals surface area contributed by atoms with Gasteiger partial charge in [0.1, 0.15) is 0 Å². The van der Waals surface area contributed by atoms with Crippen LogP contribution in [0.25, 0.3) is 0 Å². The Morgan fingerprint density at radius 3 is 2.18 bits per heavy atom. The van der Waals surface area contributed by atoms with Gasteiger partial charge < -0.3 is 11.1 Å². The first kappa shape index (κ1) is 17.9. The molecule has 7 heteroatoms. The molecule has 6 nitrogen and oxygen atoms in total. The largest absolute Gasteiger partial charge is 0.399 e. The van der Waals surface area contributed by atoms with Gasteiger partial charge in [-0.25, -0.2) is 4.90 Å². The zero-order valence-electron chi connectivity index (χ0n) is 14.5. The fourth-order valence-electron chi connectivity index (χ4n) is 2.98. The Hall–Kier alpha value is -3.45. The second-order valence-electron chi connectivity index (χ2n) is 6.26. The van der Waals surface area contributed by atoms with Crippen molar-refractivity contribution in [2.45, 2.75) is 0 Å². The third kappa shape index (κ3) is 3.16. The fourth-order valence-corrected chi connectivity index (χ4v) is 3.25. The van der Waals surface area contributed by atoms with E-state index in [1.807, 2.05) is 0 Å². The number of imide groups is 1. The van der Waals surface area contributed by atoms with E-state index in [4.69, 9.17) is 5.73 Å². The molecule has 28 heavy (non-hydrogen) atoms. The predicted molar refractivity (Wildman–Crippen MR) is 111 cm³/mol. The monoisotopic (exact) mass is 435 g/mol. The Balaban J connectivity index is 1.61. The molecule has 138 valence electrons. The lowest BCUT2D eigenvalue weighted by Gasteiger charge is -2.13. The number of anilines is 3. The number of carbonyl (C=O) groups is 3. The highest BCUT2D eigenvalue weighted by atomic mass is 79.9. The molecule has 0 unspecified atom stereocenters. The number of nitrogens with zero attached hydrogens (tertiary/aromatic N) is 1. The summed E-state index contributed by atoms with van der Waals surface area (Å²) in [5.74, 6) is -1.15. The molecule has 3 amide bonds. The first-order valence-electron chi connectivity index (χ1n) is 8.39. The van der Waals surface area contributed by atoms with Gasteiger partial charge in [-0.15, -0.1) is 0 Å². The summed E-state index contributed by atoms with van der Waals surface area (Å²) in [6, 6.07) is 18.1. The number of nitrogens with one attached hydrogen (secondary N) is 1. The van der Waals surface area contributed by atoms with Crippen LogP contribution in [0, 0.1) is 0 Å². The van der Waals surface area contributed by atoms with Crippen LogP contribution in [-0.4, -0.2) is 17.7 Å². The van der Waals surface area contributed by atoms with E-state index in [1.165, 1.54) is 6.07 Å². The van der Waals surface area contributed by atoms with Crippen LogP contribution in [0.2, 0.25) is 0 Å². The van der Waals surface area contributed by atoms with Crippen molar-refractivity contribution >= 4 is 50.7 Å². The molecular formula is C21H14BrN3O3. The summed E-state index contributed by atoms with van der Waals surface area (Å²) < 4.78 is 0.848. The van der Waals surface area contributed by atoms with Crippen LogP contribution in [0.1, 0.15) is 31.1 Å². The summed E-state index contributed by atoms with van der Waals surface area (Å²) >= 11 is 3.33. The molecule has 0 aromatic heterocycles. The smallest absolute Gasteiger partial charge is 0.266 e. The number of nitrogens with two attached hydrogens (primary N) is 1. The van der Waals surface area contributed by atoms with Crippen LogP contribution in [0.3, 0.4) is 0 Å². The summed E-state index contributed by atoms with van der Waals surface area (Å²) in [5, 5.41) is 2.74. The molecule has 3 aromatic rings. The lowest BCUT2D eigenvalue weighted by molar-refractivity contribution is 0.0924. The lowest BCUT2D eigenvalue weighted by Crippen LogP contribution is -2.29. The second-order valence-corrected chi connectivity index (χ2v) is 7.17. The van der Waals surface area contributed by atoms with Crippen molar-refractivity contribution < 1.29 is 14.4 Å². The standard InChI is InChI=1S/C21H14BrN3O3/c22-13-3-8-16(9-4-13)25-20(27)17-10-7-15(11-18(17)21(25)28)24-19(26)12-1-5-14(23)6-2-12/h1-11H,23H2,(H,24,26). The van der Waals surface area contributed by atoms with E-state index in [2.05, 4.69) is 21.2 Å². The summed E-state index contributed by atoms with van der Waals surface area (Å²) in [6.07, 6.45) is 0. The highest BCUT2D eigenvalue weighted by Crippen LogP contribution is 2.31. The molecule has 0 spiro atoms. The van der Waals surface area contributed by atoms with Gasteiger partial charge in [-0.1, -0.05) is 15.9 Å². The summed E-state index contributed by atoms with van der Waals surface area (Å²) in [6.45, 7) is 0. The van der Waals surface area contributed by atoms with Crippen molar-refractivity contribution in [3.63, 3.8) is 0 Å². The van der Waals surface area contributed by atoms with Gasteiger partial charge in [-0.2, -0.15) is 0 Å². The van der Waals surface area contributed by atoms with Gasteiger partial charge in [0.2, 0.25) is 0 Å². The molecule has 3 N–H and O–H groups in total. The van der Waals surface area contributed by atoms with E-state index < -0.39 is 11.8 Å². The Morgan fingerprint density at radius 2 is 1.50 bits per heavy atom. The molecule has 3 aromatic carbocycles. The number of rotatable bonds is 3. The minimum Gasteiger partial charge on any atom is -0.399 e. The molecule has 1 heterocycles. The Kier molecular flexibility index (Phi) is 4.44. The number of nitrogen functional groups attached to an aromatic ring is 1. The quantitative estimate of drug-likeness (QED) is 0.478. The Morgan fingerprint density at radius 1 is 0.857 bits per heavy atom. The maximum absolute atomic E-state index is 12.8. The maximum Gasteiger partial charge on any atom is 0.266 e. The molecule has 4 rings (SSSR count). The third-order valence-corrected chi connectivity index (χ3v) is 4.93. The van der Waals surface area contributed by atoms with Crippen LogP contribution in [0.5, 0.6) is 0 Å². The molecule has 0 atom stereocenters. The van der Waals surface area contributed by atoms with Gasteiger partial charge in [0.25, 0.3) is 17.7 Å². The molecule has 0 saturated heterocycles. The molecule has 1 aliphatic rings. The summed E-state index contributed by atoms with van der Waals surface area (Å²) in [4.78, 5) is 39.0. The number of hydrogen-bond donors (Lipinski definition) is 2. The molecular weight excluding hydrogens is 422 g/mol. The number of hydrogen-bond acceptors (Lipinski definition) is 4. The first-order valence-corrected chi connectivity index (χ1v) is 9.18. The average Bonchev–Trinajstić information content (AvgIpc) is 2.93. The SMILES string of the molecule is Nc1ccc(C(=O)Nc2ccc3c(c2)C(=O)N(c2ccc(Br)cc2)C3=O)cc1. The Bertz CT molecular complexity index is 1110. The molecule has 1 aliphatic heterocycles. The van der Waals surface area contributed by atoms with Crippen LogP contribution in [0.15, 0.2) is 71.2 Å². The van der Waals surface area contributed by atoms with Crippen LogP contribution in [0.4, 0.5) is 17.1 Å². The lowest BCUT2D eigenvalue weighted by atomic mass is 10.1. The van der Waals surface area contributed by atoms with Crippen molar-refractivity contribution in [1.29, 1.82) is 0 Å².